The van der Waals surface area contributed by atoms with Crippen molar-refractivity contribution in [2.75, 3.05) is 33.4 Å². The Morgan fingerprint density at radius 2 is 1.97 bits per heavy atom. The van der Waals surface area contributed by atoms with Gasteiger partial charge in [0.25, 0.3) is 5.91 Å². The van der Waals surface area contributed by atoms with Gasteiger partial charge in [-0.3, -0.25) is 9.59 Å². The van der Waals surface area contributed by atoms with E-state index in [0.29, 0.717) is 38.3 Å². The number of benzene rings is 2. The molecule has 3 aromatic rings. The molecule has 0 radical (unpaired) electrons. The Labute approximate surface area is 182 Å². The first kappa shape index (κ1) is 21.1. The second-order valence-electron chi connectivity index (χ2n) is 7.95. The number of carbonyl (C=O) groups is 2. The minimum Gasteiger partial charge on any atom is -0.467 e. The third kappa shape index (κ3) is 4.80. The summed E-state index contributed by atoms with van der Waals surface area (Å²) in [5.74, 6) is 0.552. The van der Waals surface area contributed by atoms with Crippen LogP contribution in [0, 0.1) is 5.92 Å². The fraction of sp³-hybridized carbons (Fsp3) is 0.360. The van der Waals surface area contributed by atoms with Gasteiger partial charge in [-0.1, -0.05) is 36.4 Å². The van der Waals surface area contributed by atoms with Crippen molar-refractivity contribution in [3.05, 3.63) is 72.2 Å². The molecule has 4 rings (SSSR count). The van der Waals surface area contributed by atoms with Crippen LogP contribution in [0.3, 0.4) is 0 Å². The molecule has 6 heteroatoms. The van der Waals surface area contributed by atoms with Crippen molar-refractivity contribution < 1.29 is 18.7 Å². The molecule has 2 amide bonds. The summed E-state index contributed by atoms with van der Waals surface area (Å²) in [5.41, 5.74) is 0.693. The summed E-state index contributed by atoms with van der Waals surface area (Å²) in [5, 5.41) is 1.99. The van der Waals surface area contributed by atoms with Crippen molar-refractivity contribution in [1.82, 2.24) is 9.80 Å². The predicted molar refractivity (Wildman–Crippen MR) is 119 cm³/mol. The fourth-order valence-electron chi connectivity index (χ4n) is 4.26. The highest BCUT2D eigenvalue weighted by Crippen LogP contribution is 2.25. The maximum atomic E-state index is 13.3. The Bertz CT molecular complexity index is 1030. The van der Waals surface area contributed by atoms with Gasteiger partial charge in [0.05, 0.1) is 25.3 Å². The maximum Gasteiger partial charge on any atom is 0.254 e. The highest BCUT2D eigenvalue weighted by molar-refractivity contribution is 6.07. The lowest BCUT2D eigenvalue weighted by atomic mass is 9.95. The van der Waals surface area contributed by atoms with Crippen LogP contribution in [-0.2, 0) is 16.1 Å². The minimum atomic E-state index is -0.223. The third-order valence-electron chi connectivity index (χ3n) is 5.88. The number of methoxy groups -OCH3 is 1. The Balaban J connectivity index is 1.50. The van der Waals surface area contributed by atoms with Crippen molar-refractivity contribution in [1.29, 1.82) is 0 Å². The molecule has 1 aliphatic rings. The number of hydrogen-bond acceptors (Lipinski definition) is 4. The summed E-state index contributed by atoms with van der Waals surface area (Å²) in [6, 6.07) is 17.4. The highest BCUT2D eigenvalue weighted by Gasteiger charge is 2.32. The van der Waals surface area contributed by atoms with Gasteiger partial charge in [0.2, 0.25) is 5.91 Å². The molecule has 1 atom stereocenters. The van der Waals surface area contributed by atoms with Gasteiger partial charge in [0, 0.05) is 32.3 Å². The van der Waals surface area contributed by atoms with Gasteiger partial charge in [-0.25, -0.2) is 0 Å². The van der Waals surface area contributed by atoms with Crippen molar-refractivity contribution in [3.63, 3.8) is 0 Å². The number of rotatable bonds is 7. The number of likely N-dealkylation sites (tertiary alicyclic amines) is 1. The molecule has 1 fully saturated rings. The summed E-state index contributed by atoms with van der Waals surface area (Å²) in [6.45, 7) is 2.45. The molecule has 0 aliphatic carbocycles. The summed E-state index contributed by atoms with van der Waals surface area (Å²) in [6.07, 6.45) is 3.20. The van der Waals surface area contributed by atoms with Gasteiger partial charge in [0.1, 0.15) is 5.76 Å². The molecule has 6 nitrogen and oxygen atoms in total. The molecular weight excluding hydrogens is 392 g/mol. The monoisotopic (exact) mass is 420 g/mol. The van der Waals surface area contributed by atoms with E-state index >= 15 is 0 Å². The molecular formula is C25H28N2O4. The standard InChI is InChI=1S/C25H28N2O4/c1-30-16-14-27(18-21-10-6-15-31-21)24(28)20-9-5-13-26(17-20)25(29)23-12-4-8-19-7-2-3-11-22(19)23/h2-4,6-8,10-12,15,20H,5,9,13-14,16-18H2,1H3/t20-/m1/s1. The van der Waals surface area contributed by atoms with E-state index < -0.39 is 0 Å². The van der Waals surface area contributed by atoms with E-state index in [4.69, 9.17) is 9.15 Å². The Hall–Kier alpha value is -3.12. The molecule has 2 heterocycles. The first-order chi connectivity index (χ1) is 15.2. The number of ether oxygens (including phenoxy) is 1. The molecule has 0 unspecified atom stereocenters. The summed E-state index contributed by atoms with van der Waals surface area (Å²) < 4.78 is 10.6. The first-order valence-corrected chi connectivity index (χ1v) is 10.7. The largest absolute Gasteiger partial charge is 0.467 e. The van der Waals surface area contributed by atoms with Crippen molar-refractivity contribution in [2.45, 2.75) is 19.4 Å². The molecule has 162 valence electrons. The molecule has 2 aromatic carbocycles. The Morgan fingerprint density at radius 1 is 1.13 bits per heavy atom. The van der Waals surface area contributed by atoms with E-state index in [1.807, 2.05) is 59.5 Å². The molecule has 0 bridgehead atoms. The van der Waals surface area contributed by atoms with Crippen LogP contribution in [0.1, 0.15) is 29.0 Å². The molecule has 0 saturated carbocycles. The number of furan rings is 1. The van der Waals surface area contributed by atoms with Crippen LogP contribution in [0.15, 0.2) is 65.3 Å². The van der Waals surface area contributed by atoms with E-state index in [0.717, 1.165) is 29.4 Å². The Morgan fingerprint density at radius 3 is 2.77 bits per heavy atom. The molecule has 0 spiro atoms. The van der Waals surface area contributed by atoms with Crippen LogP contribution in [0.4, 0.5) is 0 Å². The zero-order valence-corrected chi connectivity index (χ0v) is 17.8. The van der Waals surface area contributed by atoms with E-state index in [9.17, 15) is 9.59 Å². The maximum absolute atomic E-state index is 13.3. The van der Waals surface area contributed by atoms with Crippen LogP contribution < -0.4 is 0 Å². The number of amides is 2. The van der Waals surface area contributed by atoms with E-state index in [-0.39, 0.29) is 17.7 Å². The summed E-state index contributed by atoms with van der Waals surface area (Å²) >= 11 is 0. The Kier molecular flexibility index (Phi) is 6.67. The summed E-state index contributed by atoms with van der Waals surface area (Å²) in [4.78, 5) is 30.3. The smallest absolute Gasteiger partial charge is 0.254 e. The minimum absolute atomic E-state index is 0.0104. The van der Waals surface area contributed by atoms with Gasteiger partial charge in [-0.15, -0.1) is 0 Å². The molecule has 0 N–H and O–H groups in total. The van der Waals surface area contributed by atoms with Crippen molar-refractivity contribution in [2.24, 2.45) is 5.92 Å². The van der Waals surface area contributed by atoms with Crippen LogP contribution in [-0.4, -0.2) is 55.0 Å². The van der Waals surface area contributed by atoms with Crippen LogP contribution in [0.2, 0.25) is 0 Å². The average Bonchev–Trinajstić information content (AvgIpc) is 3.34. The molecule has 1 saturated heterocycles. The predicted octanol–water partition coefficient (Wildman–Crippen LogP) is 3.96. The van der Waals surface area contributed by atoms with Crippen molar-refractivity contribution in [3.8, 4) is 0 Å². The van der Waals surface area contributed by atoms with E-state index in [1.165, 1.54) is 0 Å². The van der Waals surface area contributed by atoms with E-state index in [1.54, 1.807) is 18.3 Å². The average molecular weight is 421 g/mol. The lowest BCUT2D eigenvalue weighted by molar-refractivity contribution is -0.138. The second-order valence-corrected chi connectivity index (χ2v) is 7.95. The third-order valence-corrected chi connectivity index (χ3v) is 5.88. The van der Waals surface area contributed by atoms with Crippen molar-refractivity contribution >= 4 is 22.6 Å². The van der Waals surface area contributed by atoms with E-state index in [2.05, 4.69) is 0 Å². The normalized spacial score (nSPS) is 16.4. The second kappa shape index (κ2) is 9.79. The topological polar surface area (TPSA) is 63.0 Å². The van der Waals surface area contributed by atoms with Gasteiger partial charge >= 0.3 is 0 Å². The number of hydrogen-bond donors (Lipinski definition) is 0. The number of carbonyl (C=O) groups excluding carboxylic acids is 2. The fourth-order valence-corrected chi connectivity index (χ4v) is 4.26. The van der Waals surface area contributed by atoms with Crippen LogP contribution in [0.5, 0.6) is 0 Å². The molecule has 1 aliphatic heterocycles. The number of fused-ring (bicyclic) bond motifs is 1. The lowest BCUT2D eigenvalue weighted by Crippen LogP contribution is -2.47. The molecule has 31 heavy (non-hydrogen) atoms. The SMILES string of the molecule is COCCN(Cc1ccco1)C(=O)[C@@H]1CCCN(C(=O)c2cccc3ccccc23)C1. The quantitative estimate of drug-likeness (QED) is 0.580. The lowest BCUT2D eigenvalue weighted by Gasteiger charge is -2.35. The highest BCUT2D eigenvalue weighted by atomic mass is 16.5. The van der Waals surface area contributed by atoms with Gasteiger partial charge in [-0.05, 0) is 41.8 Å². The van der Waals surface area contributed by atoms with Gasteiger partial charge in [-0.2, -0.15) is 0 Å². The van der Waals surface area contributed by atoms with Crippen LogP contribution in [0.25, 0.3) is 10.8 Å². The number of piperidine rings is 1. The first-order valence-electron chi connectivity index (χ1n) is 10.7. The van der Waals surface area contributed by atoms with Gasteiger partial charge in [0.15, 0.2) is 0 Å². The summed E-state index contributed by atoms with van der Waals surface area (Å²) in [7, 11) is 1.63. The zero-order valence-electron chi connectivity index (χ0n) is 17.8. The number of nitrogens with zero attached hydrogens (tertiary/aromatic N) is 2. The zero-order chi connectivity index (χ0) is 21.6. The van der Waals surface area contributed by atoms with Crippen LogP contribution >= 0.6 is 0 Å². The molecule has 1 aromatic heterocycles. The van der Waals surface area contributed by atoms with Gasteiger partial charge < -0.3 is 19.0 Å².